The molecule has 1 N–H and O–H groups in total. The molecule has 0 aromatic heterocycles. The van der Waals surface area contributed by atoms with Gasteiger partial charge >= 0.3 is 0 Å². The standard InChI is InChI=1S/C15H21FN2/c16-14-5-3-13(4-6-14)11-18-10-9-17-12-15(18)7-1-2-8-15/h3-6,17H,1-2,7-12H2. The van der Waals surface area contributed by atoms with Crippen LogP contribution in [-0.2, 0) is 6.54 Å². The molecule has 0 radical (unpaired) electrons. The molecule has 2 nitrogen and oxygen atoms in total. The molecule has 1 aromatic carbocycles. The van der Waals surface area contributed by atoms with E-state index in [2.05, 4.69) is 10.2 Å². The van der Waals surface area contributed by atoms with Crippen LogP contribution >= 0.6 is 0 Å². The third kappa shape index (κ3) is 2.29. The minimum Gasteiger partial charge on any atom is -0.314 e. The van der Waals surface area contributed by atoms with Crippen molar-refractivity contribution in [2.75, 3.05) is 19.6 Å². The van der Waals surface area contributed by atoms with Crippen LogP contribution < -0.4 is 5.32 Å². The molecule has 1 aromatic rings. The molecule has 3 rings (SSSR count). The number of hydrogen-bond donors (Lipinski definition) is 1. The zero-order valence-electron chi connectivity index (χ0n) is 10.8. The number of halogens is 1. The lowest BCUT2D eigenvalue weighted by Crippen LogP contribution is -2.59. The van der Waals surface area contributed by atoms with Gasteiger partial charge in [0.1, 0.15) is 5.82 Å². The Kier molecular flexibility index (Phi) is 3.35. The van der Waals surface area contributed by atoms with Gasteiger partial charge in [-0.05, 0) is 30.5 Å². The first kappa shape index (κ1) is 12.1. The summed E-state index contributed by atoms with van der Waals surface area (Å²) in [5.41, 5.74) is 1.59. The molecular weight excluding hydrogens is 227 g/mol. The summed E-state index contributed by atoms with van der Waals surface area (Å²) < 4.78 is 12.9. The molecule has 1 heterocycles. The zero-order valence-corrected chi connectivity index (χ0v) is 10.8. The first-order valence-corrected chi connectivity index (χ1v) is 6.99. The highest BCUT2D eigenvalue weighted by Crippen LogP contribution is 2.36. The van der Waals surface area contributed by atoms with Crippen LogP contribution in [0.25, 0.3) is 0 Å². The fraction of sp³-hybridized carbons (Fsp3) is 0.600. The van der Waals surface area contributed by atoms with E-state index in [0.717, 1.165) is 26.2 Å². The minimum atomic E-state index is -0.144. The fourth-order valence-electron chi connectivity index (χ4n) is 3.47. The average molecular weight is 248 g/mol. The molecule has 2 aliphatic rings. The van der Waals surface area contributed by atoms with Crippen molar-refractivity contribution < 1.29 is 4.39 Å². The van der Waals surface area contributed by atoms with Crippen LogP contribution in [0, 0.1) is 5.82 Å². The lowest BCUT2D eigenvalue weighted by atomic mass is 9.92. The lowest BCUT2D eigenvalue weighted by molar-refractivity contribution is 0.0572. The summed E-state index contributed by atoms with van der Waals surface area (Å²) >= 11 is 0. The number of rotatable bonds is 2. The molecule has 1 saturated heterocycles. The predicted octanol–water partition coefficient (Wildman–Crippen LogP) is 2.54. The van der Waals surface area contributed by atoms with E-state index in [0.29, 0.717) is 5.54 Å². The average Bonchev–Trinajstić information content (AvgIpc) is 2.84. The summed E-state index contributed by atoms with van der Waals surface area (Å²) in [4.78, 5) is 2.61. The van der Waals surface area contributed by atoms with Gasteiger partial charge in [-0.2, -0.15) is 0 Å². The van der Waals surface area contributed by atoms with Gasteiger partial charge in [0, 0.05) is 31.7 Å². The van der Waals surface area contributed by atoms with Crippen molar-refractivity contribution in [3.8, 4) is 0 Å². The molecule has 1 saturated carbocycles. The molecule has 1 aliphatic carbocycles. The van der Waals surface area contributed by atoms with Crippen LogP contribution in [0.3, 0.4) is 0 Å². The van der Waals surface area contributed by atoms with Crippen molar-refractivity contribution in [2.45, 2.75) is 37.8 Å². The smallest absolute Gasteiger partial charge is 0.123 e. The van der Waals surface area contributed by atoms with E-state index in [1.54, 1.807) is 12.1 Å². The van der Waals surface area contributed by atoms with E-state index in [-0.39, 0.29) is 5.82 Å². The van der Waals surface area contributed by atoms with Gasteiger partial charge in [0.2, 0.25) is 0 Å². The Balaban J connectivity index is 1.75. The summed E-state index contributed by atoms with van der Waals surface area (Å²) in [6, 6.07) is 6.97. The van der Waals surface area contributed by atoms with Crippen molar-refractivity contribution in [3.05, 3.63) is 35.6 Å². The van der Waals surface area contributed by atoms with Crippen LogP contribution in [0.5, 0.6) is 0 Å². The van der Waals surface area contributed by atoms with E-state index in [1.807, 2.05) is 12.1 Å². The van der Waals surface area contributed by atoms with Crippen molar-refractivity contribution in [2.24, 2.45) is 0 Å². The molecular formula is C15H21FN2. The molecule has 2 fully saturated rings. The van der Waals surface area contributed by atoms with E-state index in [1.165, 1.54) is 31.2 Å². The van der Waals surface area contributed by atoms with Crippen LogP contribution in [0.1, 0.15) is 31.2 Å². The van der Waals surface area contributed by atoms with Crippen molar-refractivity contribution in [1.82, 2.24) is 10.2 Å². The molecule has 0 bridgehead atoms. The van der Waals surface area contributed by atoms with Gasteiger partial charge in [0.25, 0.3) is 0 Å². The van der Waals surface area contributed by atoms with Gasteiger partial charge in [0.05, 0.1) is 0 Å². The first-order chi connectivity index (χ1) is 8.78. The quantitative estimate of drug-likeness (QED) is 0.865. The number of nitrogens with zero attached hydrogens (tertiary/aromatic N) is 1. The number of benzene rings is 1. The van der Waals surface area contributed by atoms with Gasteiger partial charge in [-0.25, -0.2) is 4.39 Å². The minimum absolute atomic E-state index is 0.144. The molecule has 1 spiro atoms. The van der Waals surface area contributed by atoms with Crippen molar-refractivity contribution in [1.29, 1.82) is 0 Å². The second kappa shape index (κ2) is 4.98. The Morgan fingerprint density at radius 3 is 2.61 bits per heavy atom. The first-order valence-electron chi connectivity index (χ1n) is 6.99. The van der Waals surface area contributed by atoms with Crippen LogP contribution in [-0.4, -0.2) is 30.1 Å². The maximum atomic E-state index is 12.9. The Hall–Kier alpha value is -0.930. The predicted molar refractivity (Wildman–Crippen MR) is 70.9 cm³/mol. The van der Waals surface area contributed by atoms with Gasteiger partial charge in [-0.3, -0.25) is 4.90 Å². The van der Waals surface area contributed by atoms with Gasteiger partial charge in [-0.15, -0.1) is 0 Å². The normalized spacial score (nSPS) is 23.6. The van der Waals surface area contributed by atoms with E-state index in [4.69, 9.17) is 0 Å². The number of nitrogens with one attached hydrogen (secondary N) is 1. The third-order valence-corrected chi connectivity index (χ3v) is 4.50. The SMILES string of the molecule is Fc1ccc(CN2CCNCC23CCCC3)cc1. The Labute approximate surface area is 108 Å². The fourth-order valence-corrected chi connectivity index (χ4v) is 3.47. The maximum Gasteiger partial charge on any atom is 0.123 e. The molecule has 18 heavy (non-hydrogen) atoms. The summed E-state index contributed by atoms with van der Waals surface area (Å²) in [5.74, 6) is -0.144. The highest BCUT2D eigenvalue weighted by molar-refractivity contribution is 5.17. The Bertz CT molecular complexity index is 395. The second-order valence-corrected chi connectivity index (χ2v) is 5.66. The van der Waals surface area contributed by atoms with Gasteiger partial charge in [-0.1, -0.05) is 25.0 Å². The zero-order chi connectivity index (χ0) is 12.4. The van der Waals surface area contributed by atoms with Crippen LogP contribution in [0.2, 0.25) is 0 Å². The molecule has 0 unspecified atom stereocenters. The topological polar surface area (TPSA) is 15.3 Å². The third-order valence-electron chi connectivity index (χ3n) is 4.50. The summed E-state index contributed by atoms with van der Waals surface area (Å²) in [6.45, 7) is 4.26. The second-order valence-electron chi connectivity index (χ2n) is 5.66. The molecule has 98 valence electrons. The highest BCUT2D eigenvalue weighted by Gasteiger charge is 2.40. The Morgan fingerprint density at radius 1 is 1.17 bits per heavy atom. The number of hydrogen-bond acceptors (Lipinski definition) is 2. The van der Waals surface area contributed by atoms with Gasteiger partial charge in [0.15, 0.2) is 0 Å². The van der Waals surface area contributed by atoms with E-state index in [9.17, 15) is 4.39 Å². The van der Waals surface area contributed by atoms with Crippen molar-refractivity contribution >= 4 is 0 Å². The maximum absolute atomic E-state index is 12.9. The van der Waals surface area contributed by atoms with Crippen LogP contribution in [0.4, 0.5) is 4.39 Å². The molecule has 0 atom stereocenters. The molecule has 1 aliphatic heterocycles. The summed E-state index contributed by atoms with van der Waals surface area (Å²) in [6.07, 6.45) is 5.31. The monoisotopic (exact) mass is 248 g/mol. The van der Waals surface area contributed by atoms with E-state index >= 15 is 0 Å². The molecule has 3 heteroatoms. The lowest BCUT2D eigenvalue weighted by Gasteiger charge is -2.45. The summed E-state index contributed by atoms with van der Waals surface area (Å²) in [7, 11) is 0. The molecule has 0 amide bonds. The highest BCUT2D eigenvalue weighted by atomic mass is 19.1. The summed E-state index contributed by atoms with van der Waals surface area (Å²) in [5, 5.41) is 3.54. The van der Waals surface area contributed by atoms with Crippen molar-refractivity contribution in [3.63, 3.8) is 0 Å². The van der Waals surface area contributed by atoms with Crippen LogP contribution in [0.15, 0.2) is 24.3 Å². The van der Waals surface area contributed by atoms with Gasteiger partial charge < -0.3 is 5.32 Å². The Morgan fingerprint density at radius 2 is 1.89 bits per heavy atom. The number of piperazine rings is 1. The van der Waals surface area contributed by atoms with E-state index < -0.39 is 0 Å². The largest absolute Gasteiger partial charge is 0.314 e.